The summed E-state index contributed by atoms with van der Waals surface area (Å²) in [5, 5.41) is 49.4. The van der Waals surface area contributed by atoms with Gasteiger partial charge in [-0.25, -0.2) is 0 Å². The van der Waals surface area contributed by atoms with Gasteiger partial charge in [-0.05, 0) is 85.8 Å². The van der Waals surface area contributed by atoms with Gasteiger partial charge >= 0.3 is 55.0 Å². The van der Waals surface area contributed by atoms with Crippen molar-refractivity contribution >= 4 is 79.3 Å². The Bertz CT molecular complexity index is 3980. The second-order valence-corrected chi connectivity index (χ2v) is 20.1. The molecule has 0 aromatic carbocycles. The third-order valence-electron chi connectivity index (χ3n) is 9.97. The zero-order valence-electron chi connectivity index (χ0n) is 44.2. The fourth-order valence-corrected chi connectivity index (χ4v) is 8.25. The minimum absolute atomic E-state index is 0.0254. The lowest BCUT2D eigenvalue weighted by Crippen LogP contribution is -2.20. The molecule has 0 aliphatic heterocycles. The normalized spacial score (nSPS) is 12.0. The summed E-state index contributed by atoms with van der Waals surface area (Å²) in [6.07, 6.45) is -30.4. The molecule has 0 aliphatic rings. The van der Waals surface area contributed by atoms with E-state index in [0.29, 0.717) is 51.5 Å². The highest BCUT2D eigenvalue weighted by Gasteiger charge is 2.41. The molecule has 46 heteroatoms. The van der Waals surface area contributed by atoms with Crippen molar-refractivity contribution in [2.75, 3.05) is 16.0 Å². The lowest BCUT2D eigenvalue weighted by atomic mass is 10.2. The van der Waals surface area contributed by atoms with Crippen molar-refractivity contribution in [3.63, 3.8) is 0 Å². The summed E-state index contributed by atoms with van der Waals surface area (Å²) in [6, 6.07) is 15.2. The number of nitrogen functional groups attached to an aromatic ring is 1. The molecular formula is C46H26BrClF21N19O2S2. The standard InChI is InChI=1S/C18H11F6N7OS.C10H5F6N5.C8H4BrF3N2OS.C5H2ClF3N2.C5H4F3N3/c1-9-2-5-13(29-27-9)31(14-6-10(7-25-28-14)17(19,20)21)8-11-3-4-12(33-11)15-26-16(32-30-15)18(22,23)24;11-9(12,13)5-3-8(20-17-4-5)18-7-2-1-6(19-21-7)10(14,15)16;9-3-4-1-2-5(16-4)6-13-7(15-14-6)8(10,11)12;6-4-2-1-3(10-11-4)5(7,8)9;6-5(7,8)3-1-4(9)11-10-2-3/h2-7H,8H2,1H3;1-4H,(H,18,20,21);1-2H,3H2;1-2H;1-2H,(H2,9,11). The maximum Gasteiger partial charge on any atom is 0.471 e. The monoisotopic (exact) mass is 1450 g/mol. The van der Waals surface area contributed by atoms with E-state index in [9.17, 15) is 92.2 Å². The minimum Gasteiger partial charge on any atom is -0.382 e. The first-order valence-electron chi connectivity index (χ1n) is 23.5. The molecule has 490 valence electrons. The molecule has 0 unspecified atom stereocenters. The van der Waals surface area contributed by atoms with Crippen molar-refractivity contribution in [3.05, 3.63) is 158 Å². The largest absolute Gasteiger partial charge is 0.471 e. The lowest BCUT2D eigenvalue weighted by molar-refractivity contribution is -0.160. The first kappa shape index (κ1) is 71.9. The SMILES string of the molecule is Cc1ccc(N(Cc2ccc(-c3noc(C(F)(F)F)n3)s2)c2cc(C(F)(F)F)cnn2)nn1.FC(F)(F)c1ccc(Cl)nn1.FC(F)(F)c1cnnc(Nc2ccc(C(F)(F)F)nn2)c1.FC(F)(F)c1nc(-c2ccc(CBr)s2)no1.Nc1cc(C(F)(F)F)cnn1. The molecule has 3 N–H and O–H groups in total. The van der Waals surface area contributed by atoms with E-state index in [1.807, 2.05) is 0 Å². The molecule has 0 spiro atoms. The predicted octanol–water partition coefficient (Wildman–Crippen LogP) is 15.0. The van der Waals surface area contributed by atoms with Gasteiger partial charge in [-0.1, -0.05) is 37.8 Å². The van der Waals surface area contributed by atoms with Crippen molar-refractivity contribution in [3.8, 4) is 21.4 Å². The molecule has 92 heavy (non-hydrogen) atoms. The summed E-state index contributed by atoms with van der Waals surface area (Å²) in [7, 11) is 0. The van der Waals surface area contributed by atoms with Crippen LogP contribution in [0.5, 0.6) is 0 Å². The summed E-state index contributed by atoms with van der Waals surface area (Å²) in [4.78, 5) is 10.3. The highest BCUT2D eigenvalue weighted by atomic mass is 79.9. The number of anilines is 5. The first-order valence-corrected chi connectivity index (χ1v) is 26.6. The number of nitrogens with one attached hydrogen (secondary N) is 1. The Kier molecular flexibility index (Phi) is 23.0. The fraction of sp³-hybridized carbons (Fsp3) is 0.217. The van der Waals surface area contributed by atoms with Gasteiger partial charge in [0.15, 0.2) is 39.8 Å². The molecule has 10 aromatic rings. The van der Waals surface area contributed by atoms with Crippen molar-refractivity contribution in [1.29, 1.82) is 0 Å². The highest BCUT2D eigenvalue weighted by molar-refractivity contribution is 9.08. The maximum atomic E-state index is 13.2. The lowest BCUT2D eigenvalue weighted by Gasteiger charge is -2.22. The zero-order valence-corrected chi connectivity index (χ0v) is 48.1. The van der Waals surface area contributed by atoms with Gasteiger partial charge in [0.25, 0.3) is 0 Å². The molecule has 0 saturated heterocycles. The van der Waals surface area contributed by atoms with E-state index < -0.39 is 83.1 Å². The van der Waals surface area contributed by atoms with E-state index in [0.717, 1.165) is 46.5 Å². The number of rotatable bonds is 9. The number of alkyl halides is 22. The molecule has 0 aliphatic carbocycles. The fourth-order valence-electron chi connectivity index (χ4n) is 5.91. The van der Waals surface area contributed by atoms with Crippen LogP contribution >= 0.6 is 50.2 Å². The van der Waals surface area contributed by atoms with Crippen molar-refractivity contribution in [2.24, 2.45) is 0 Å². The van der Waals surface area contributed by atoms with Crippen molar-refractivity contribution in [2.45, 2.75) is 62.0 Å². The molecule has 10 rings (SSSR count). The van der Waals surface area contributed by atoms with Crippen molar-refractivity contribution < 1.29 is 101 Å². The average molecular weight is 1460 g/mol. The number of nitrogens with zero attached hydrogens (tertiary/aromatic N) is 17. The molecule has 0 radical (unpaired) electrons. The second-order valence-electron chi connectivity index (χ2n) is 16.8. The van der Waals surface area contributed by atoms with Gasteiger partial charge in [0, 0.05) is 15.1 Å². The predicted molar refractivity (Wildman–Crippen MR) is 278 cm³/mol. The van der Waals surface area contributed by atoms with Gasteiger partial charge in [0.2, 0.25) is 11.6 Å². The summed E-state index contributed by atoms with van der Waals surface area (Å²) in [6.45, 7) is 1.67. The van der Waals surface area contributed by atoms with Crippen LogP contribution in [-0.4, -0.2) is 81.5 Å². The van der Waals surface area contributed by atoms with Crippen molar-refractivity contribution in [1.82, 2.24) is 81.5 Å². The Morgan fingerprint density at radius 3 is 1.39 bits per heavy atom. The van der Waals surface area contributed by atoms with E-state index in [-0.39, 0.29) is 57.3 Å². The summed E-state index contributed by atoms with van der Waals surface area (Å²) in [5.41, 5.74) is 0.367. The Labute approximate surface area is 517 Å². The van der Waals surface area contributed by atoms with Gasteiger partial charge in [-0.3, -0.25) is 0 Å². The molecule has 10 aromatic heterocycles. The van der Waals surface area contributed by atoms with E-state index in [1.54, 1.807) is 37.3 Å². The van der Waals surface area contributed by atoms with Crippen LogP contribution < -0.4 is 16.0 Å². The van der Waals surface area contributed by atoms with E-state index in [2.05, 4.69) is 112 Å². The second kappa shape index (κ2) is 29.4. The third kappa shape index (κ3) is 21.5. The third-order valence-corrected chi connectivity index (χ3v) is 13.3. The van der Waals surface area contributed by atoms with Crippen LogP contribution in [0.4, 0.5) is 121 Å². The van der Waals surface area contributed by atoms with E-state index in [1.165, 1.54) is 22.3 Å². The van der Waals surface area contributed by atoms with Gasteiger partial charge in [-0.15, -0.1) is 63.5 Å². The van der Waals surface area contributed by atoms with Crippen LogP contribution in [0.2, 0.25) is 5.15 Å². The van der Waals surface area contributed by atoms with Gasteiger partial charge in [0.05, 0.1) is 57.3 Å². The number of thiophene rings is 2. The minimum atomic E-state index is -4.78. The number of aromatic nitrogens is 16. The summed E-state index contributed by atoms with van der Waals surface area (Å²) >= 11 is 10.8. The molecule has 0 bridgehead atoms. The van der Waals surface area contributed by atoms with Crippen LogP contribution in [0.1, 0.15) is 55.3 Å². The number of halogens is 23. The molecule has 0 atom stereocenters. The topological polar surface area (TPSA) is 274 Å². The van der Waals surface area contributed by atoms with Gasteiger partial charge < -0.3 is 25.0 Å². The van der Waals surface area contributed by atoms with E-state index in [4.69, 9.17) is 17.3 Å². The zero-order chi connectivity index (χ0) is 68.2. The van der Waals surface area contributed by atoms with E-state index >= 15 is 0 Å². The molecule has 0 saturated carbocycles. The van der Waals surface area contributed by atoms with Crippen LogP contribution in [0.3, 0.4) is 0 Å². The van der Waals surface area contributed by atoms with Crippen LogP contribution in [0, 0.1) is 6.92 Å². The smallest absolute Gasteiger partial charge is 0.382 e. The Balaban J connectivity index is 0.000000196. The maximum absolute atomic E-state index is 13.2. The number of nitrogens with two attached hydrogens (primary N) is 1. The Hall–Kier alpha value is -9.14. The first-order chi connectivity index (χ1) is 42.7. The van der Waals surface area contributed by atoms with Crippen LogP contribution in [0.15, 0.2) is 106 Å². The molecule has 0 fully saturated rings. The highest BCUT2D eigenvalue weighted by Crippen LogP contribution is 2.38. The average Bonchev–Trinajstić information content (AvgIpc) is 1.58. The molecular weight excluding hydrogens is 1430 g/mol. The molecule has 21 nitrogen and oxygen atoms in total. The molecule has 10 heterocycles. The van der Waals surface area contributed by atoms with Gasteiger partial charge in [-0.2, -0.15) is 123 Å². The quantitative estimate of drug-likeness (QED) is 0.100. The Morgan fingerprint density at radius 1 is 0.478 bits per heavy atom. The molecule has 0 amide bonds. The number of hydrogen-bond acceptors (Lipinski definition) is 23. The number of aryl methyl sites for hydroxylation is 1. The van der Waals surface area contributed by atoms with Crippen LogP contribution in [0.25, 0.3) is 21.4 Å². The Morgan fingerprint density at radius 2 is 0.967 bits per heavy atom. The number of hydrogen-bond donors (Lipinski definition) is 2. The van der Waals surface area contributed by atoms with Gasteiger partial charge in [0.1, 0.15) is 5.82 Å². The summed E-state index contributed by atoms with van der Waals surface area (Å²) in [5.74, 6) is -3.81. The summed E-state index contributed by atoms with van der Waals surface area (Å²) < 4.78 is 268. The van der Waals surface area contributed by atoms with Crippen LogP contribution in [-0.2, 0) is 55.1 Å².